The van der Waals surface area contributed by atoms with E-state index in [0.29, 0.717) is 30.2 Å². The summed E-state index contributed by atoms with van der Waals surface area (Å²) in [5, 5.41) is 1.42. The van der Waals surface area contributed by atoms with Crippen LogP contribution in [0.5, 0.6) is 0 Å². The number of fused-ring (bicyclic) bond motifs is 2. The molecule has 1 aliphatic heterocycles. The molecule has 1 aromatic carbocycles. The van der Waals surface area contributed by atoms with Crippen LogP contribution in [0.25, 0.3) is 10.9 Å². The molecule has 0 saturated carbocycles. The number of nitrogens with zero attached hydrogens (tertiary/aromatic N) is 1. The first-order valence-corrected chi connectivity index (χ1v) is 9.69. The monoisotopic (exact) mass is 408 g/mol. The molecule has 0 bridgehead atoms. The van der Waals surface area contributed by atoms with E-state index in [-0.39, 0.29) is 0 Å². The lowest BCUT2D eigenvalue weighted by Crippen LogP contribution is -2.52. The van der Waals surface area contributed by atoms with Gasteiger partial charge in [-0.15, -0.1) is 0 Å². The van der Waals surface area contributed by atoms with E-state index < -0.39 is 0 Å². The van der Waals surface area contributed by atoms with E-state index in [9.17, 15) is 4.79 Å². The van der Waals surface area contributed by atoms with Gasteiger partial charge in [-0.2, -0.15) is 0 Å². The smallest absolute Gasteiger partial charge is 0.222 e. The van der Waals surface area contributed by atoms with Crippen molar-refractivity contribution in [2.45, 2.75) is 38.1 Å². The first-order valence-electron chi connectivity index (χ1n) is 8.17. The Hall–Kier alpha value is -1.04. The molecule has 2 aliphatic rings. The second-order valence-corrected chi connectivity index (χ2v) is 7.50. The number of amides is 1. The standard InChI is InChI=1S/C18H21IN2O/c1-2-17(22)21-10-11(8-19)6-14-13-4-3-5-15-18(13)12(9-20-15)7-16(14)21/h3-5,9,11,14,16,20H,2,6-8,10H2,1H3/t11-,14+,16+/m0/s1. The maximum Gasteiger partial charge on any atom is 0.222 e. The molecule has 3 atom stereocenters. The fourth-order valence-corrected chi connectivity index (χ4v) is 5.03. The normalized spacial score (nSPS) is 27.0. The number of aromatic nitrogens is 1. The number of carbonyl (C=O) groups is 1. The van der Waals surface area contributed by atoms with Gasteiger partial charge in [-0.05, 0) is 36.0 Å². The molecular formula is C18H21IN2O. The summed E-state index contributed by atoms with van der Waals surface area (Å²) < 4.78 is 1.13. The van der Waals surface area contributed by atoms with Crippen molar-refractivity contribution in [3.05, 3.63) is 35.5 Å². The van der Waals surface area contributed by atoms with Gasteiger partial charge >= 0.3 is 0 Å². The molecule has 1 aliphatic carbocycles. The minimum absolute atomic E-state index is 0.315. The molecule has 4 rings (SSSR count). The lowest BCUT2D eigenvalue weighted by molar-refractivity contribution is -0.136. The Morgan fingerprint density at radius 3 is 3.09 bits per heavy atom. The van der Waals surface area contributed by atoms with Crippen LogP contribution in [0.4, 0.5) is 0 Å². The van der Waals surface area contributed by atoms with E-state index >= 15 is 0 Å². The van der Waals surface area contributed by atoms with Crippen molar-refractivity contribution in [2.24, 2.45) is 5.92 Å². The topological polar surface area (TPSA) is 36.1 Å². The third kappa shape index (κ3) is 2.10. The van der Waals surface area contributed by atoms with E-state index in [1.165, 1.54) is 28.5 Å². The average Bonchev–Trinajstić information content (AvgIpc) is 2.98. The number of alkyl halides is 1. The van der Waals surface area contributed by atoms with Gasteiger partial charge in [-0.3, -0.25) is 4.79 Å². The molecule has 1 aromatic heterocycles. The maximum absolute atomic E-state index is 12.5. The average molecular weight is 408 g/mol. The highest BCUT2D eigenvalue weighted by Gasteiger charge is 2.41. The molecule has 3 nitrogen and oxygen atoms in total. The summed E-state index contributed by atoms with van der Waals surface area (Å²) in [7, 11) is 0. The summed E-state index contributed by atoms with van der Waals surface area (Å²) in [4.78, 5) is 18.1. The Morgan fingerprint density at radius 2 is 2.32 bits per heavy atom. The Bertz CT molecular complexity index is 723. The van der Waals surface area contributed by atoms with Crippen LogP contribution in [0, 0.1) is 5.92 Å². The van der Waals surface area contributed by atoms with Crippen LogP contribution in [0.3, 0.4) is 0 Å². The number of nitrogens with one attached hydrogen (secondary N) is 1. The van der Waals surface area contributed by atoms with Gasteiger partial charge in [0.05, 0.1) is 0 Å². The number of carbonyl (C=O) groups excluding carboxylic acids is 1. The summed E-state index contributed by atoms with van der Waals surface area (Å²) in [5.41, 5.74) is 4.08. The fraction of sp³-hybridized carbons (Fsp3) is 0.500. The van der Waals surface area contributed by atoms with Crippen molar-refractivity contribution < 1.29 is 4.79 Å². The molecule has 1 amide bonds. The number of H-pyrrole nitrogens is 1. The SMILES string of the molecule is CCC(=O)N1C[C@H](CI)C[C@@H]2c3cccc4[nH]cc(c34)C[C@H]21. The summed E-state index contributed by atoms with van der Waals surface area (Å²) in [5.74, 6) is 1.43. The molecule has 0 radical (unpaired) electrons. The van der Waals surface area contributed by atoms with E-state index in [2.05, 4.69) is 56.9 Å². The van der Waals surface area contributed by atoms with Gasteiger partial charge in [-0.1, -0.05) is 41.6 Å². The highest BCUT2D eigenvalue weighted by Crippen LogP contribution is 2.45. The van der Waals surface area contributed by atoms with E-state index in [1.807, 2.05) is 6.92 Å². The van der Waals surface area contributed by atoms with Crippen LogP contribution in [-0.4, -0.2) is 32.8 Å². The molecule has 116 valence electrons. The number of piperidine rings is 1. The number of likely N-dealkylation sites (tertiary alicyclic amines) is 1. The van der Waals surface area contributed by atoms with E-state index in [1.54, 1.807) is 0 Å². The van der Waals surface area contributed by atoms with Gasteiger partial charge in [0.25, 0.3) is 0 Å². The van der Waals surface area contributed by atoms with Crippen molar-refractivity contribution in [1.82, 2.24) is 9.88 Å². The Kier molecular flexibility index (Phi) is 3.67. The molecule has 1 fully saturated rings. The molecule has 4 heteroatoms. The number of benzene rings is 1. The lowest BCUT2D eigenvalue weighted by atomic mass is 9.72. The first kappa shape index (κ1) is 14.5. The summed E-state index contributed by atoms with van der Waals surface area (Å²) in [6.07, 6.45) is 4.97. The Labute approximate surface area is 144 Å². The second kappa shape index (κ2) is 5.55. The van der Waals surface area contributed by atoms with Crippen molar-refractivity contribution in [1.29, 1.82) is 0 Å². The third-order valence-corrected chi connectivity index (χ3v) is 6.64. The predicted octanol–water partition coefficient (Wildman–Crippen LogP) is 3.87. The number of hydrogen-bond donors (Lipinski definition) is 1. The summed E-state index contributed by atoms with van der Waals surface area (Å²) in [6, 6.07) is 6.94. The zero-order chi connectivity index (χ0) is 15.3. The summed E-state index contributed by atoms with van der Waals surface area (Å²) >= 11 is 2.48. The minimum atomic E-state index is 0.315. The maximum atomic E-state index is 12.5. The molecule has 1 N–H and O–H groups in total. The number of aromatic amines is 1. The van der Waals surface area contributed by atoms with Crippen LogP contribution in [0.1, 0.15) is 36.8 Å². The molecule has 2 heterocycles. The van der Waals surface area contributed by atoms with Crippen molar-refractivity contribution in [3.63, 3.8) is 0 Å². The summed E-state index contributed by atoms with van der Waals surface area (Å²) in [6.45, 7) is 2.92. The van der Waals surface area contributed by atoms with Crippen LogP contribution in [0.2, 0.25) is 0 Å². The molecule has 22 heavy (non-hydrogen) atoms. The van der Waals surface area contributed by atoms with E-state index in [4.69, 9.17) is 0 Å². The number of rotatable bonds is 2. The molecular weight excluding hydrogens is 387 g/mol. The van der Waals surface area contributed by atoms with Crippen LogP contribution >= 0.6 is 22.6 Å². The van der Waals surface area contributed by atoms with Crippen molar-refractivity contribution in [2.75, 3.05) is 11.0 Å². The zero-order valence-corrected chi connectivity index (χ0v) is 15.0. The third-order valence-electron chi connectivity index (χ3n) is 5.40. The predicted molar refractivity (Wildman–Crippen MR) is 97.5 cm³/mol. The van der Waals surface area contributed by atoms with Crippen LogP contribution in [0.15, 0.2) is 24.4 Å². The van der Waals surface area contributed by atoms with Crippen LogP contribution in [-0.2, 0) is 11.2 Å². The molecule has 0 unspecified atom stereocenters. The van der Waals surface area contributed by atoms with Crippen molar-refractivity contribution in [3.8, 4) is 0 Å². The van der Waals surface area contributed by atoms with Gasteiger partial charge in [-0.25, -0.2) is 0 Å². The lowest BCUT2D eigenvalue weighted by Gasteiger charge is -2.47. The molecule has 0 spiro atoms. The van der Waals surface area contributed by atoms with Gasteiger partial charge in [0, 0.05) is 46.5 Å². The zero-order valence-electron chi connectivity index (χ0n) is 12.8. The van der Waals surface area contributed by atoms with Gasteiger partial charge in [0.1, 0.15) is 0 Å². The Morgan fingerprint density at radius 1 is 1.45 bits per heavy atom. The van der Waals surface area contributed by atoms with Gasteiger partial charge in [0.15, 0.2) is 0 Å². The number of hydrogen-bond acceptors (Lipinski definition) is 1. The highest BCUT2D eigenvalue weighted by atomic mass is 127. The number of halogens is 1. The first-order chi connectivity index (χ1) is 10.7. The van der Waals surface area contributed by atoms with Crippen LogP contribution < -0.4 is 0 Å². The molecule has 2 aromatic rings. The van der Waals surface area contributed by atoms with Gasteiger partial charge in [0.2, 0.25) is 5.91 Å². The quantitative estimate of drug-likeness (QED) is 0.595. The second-order valence-electron chi connectivity index (χ2n) is 6.62. The van der Waals surface area contributed by atoms with E-state index in [0.717, 1.165) is 17.4 Å². The fourth-order valence-electron chi connectivity index (χ4n) is 4.39. The highest BCUT2D eigenvalue weighted by molar-refractivity contribution is 14.1. The van der Waals surface area contributed by atoms with Crippen molar-refractivity contribution >= 4 is 39.4 Å². The minimum Gasteiger partial charge on any atom is -0.361 e. The largest absolute Gasteiger partial charge is 0.361 e. The van der Waals surface area contributed by atoms with Gasteiger partial charge < -0.3 is 9.88 Å². The Balaban J connectivity index is 1.82. The molecule has 1 saturated heterocycles.